The first kappa shape index (κ1) is 24.7. The lowest BCUT2D eigenvalue weighted by atomic mass is 10.1. The highest BCUT2D eigenvalue weighted by molar-refractivity contribution is 5.96. The molecule has 0 rings (SSSR count). The molecule has 0 fully saturated rings. The van der Waals surface area contributed by atoms with Crippen LogP contribution in [-0.4, -0.2) is 86.8 Å². The Bertz CT molecular complexity index is 636. The molecule has 0 bridgehead atoms. The number of nitrogens with one attached hydrogen (secondary N) is 3. The summed E-state index contributed by atoms with van der Waals surface area (Å²) in [6.07, 6.45) is -3.41. The zero-order valence-corrected chi connectivity index (χ0v) is 14.7. The maximum Gasteiger partial charge on any atom is 0.326 e. The lowest BCUT2D eigenvalue weighted by Crippen LogP contribution is -2.59. The van der Waals surface area contributed by atoms with E-state index in [1.807, 2.05) is 10.6 Å². The molecule has 4 atom stereocenters. The van der Waals surface area contributed by atoms with E-state index >= 15 is 0 Å². The zero-order chi connectivity index (χ0) is 22.0. The van der Waals surface area contributed by atoms with E-state index in [2.05, 4.69) is 5.32 Å². The Morgan fingerprint density at radius 1 is 0.821 bits per heavy atom. The van der Waals surface area contributed by atoms with Crippen LogP contribution in [0.5, 0.6) is 0 Å². The first-order chi connectivity index (χ1) is 12.9. The van der Waals surface area contributed by atoms with Gasteiger partial charge in [0.15, 0.2) is 0 Å². The van der Waals surface area contributed by atoms with Crippen LogP contribution < -0.4 is 21.7 Å². The molecule has 9 N–H and O–H groups in total. The lowest BCUT2D eigenvalue weighted by Gasteiger charge is -2.24. The normalized spacial score (nSPS) is 14.7. The third-order valence-electron chi connectivity index (χ3n) is 3.27. The van der Waals surface area contributed by atoms with E-state index < -0.39 is 79.2 Å². The van der Waals surface area contributed by atoms with Gasteiger partial charge in [0, 0.05) is 0 Å². The number of rotatable bonds is 12. The van der Waals surface area contributed by atoms with Crippen molar-refractivity contribution < 1.29 is 49.2 Å². The Balaban J connectivity index is 5.37. The van der Waals surface area contributed by atoms with Gasteiger partial charge >= 0.3 is 17.9 Å². The largest absolute Gasteiger partial charge is 0.481 e. The van der Waals surface area contributed by atoms with Gasteiger partial charge in [0.2, 0.25) is 17.7 Å². The Labute approximate surface area is 158 Å². The summed E-state index contributed by atoms with van der Waals surface area (Å²) in [5, 5.41) is 41.9. The third-order valence-corrected chi connectivity index (χ3v) is 3.27. The Kier molecular flexibility index (Phi) is 10.1. The van der Waals surface area contributed by atoms with Gasteiger partial charge < -0.3 is 42.1 Å². The van der Waals surface area contributed by atoms with Gasteiger partial charge in [-0.3, -0.25) is 24.0 Å². The van der Waals surface area contributed by atoms with Crippen molar-refractivity contribution in [2.75, 3.05) is 6.54 Å². The van der Waals surface area contributed by atoms with Gasteiger partial charge in [-0.25, -0.2) is 4.79 Å². The maximum atomic E-state index is 12.2. The number of nitrogens with two attached hydrogens (primary N) is 1. The van der Waals surface area contributed by atoms with Crippen LogP contribution >= 0.6 is 0 Å². The molecule has 14 heteroatoms. The van der Waals surface area contributed by atoms with Gasteiger partial charge in [-0.1, -0.05) is 0 Å². The molecule has 0 aliphatic carbocycles. The molecule has 0 spiro atoms. The van der Waals surface area contributed by atoms with Crippen LogP contribution in [0.1, 0.15) is 19.8 Å². The van der Waals surface area contributed by atoms with Gasteiger partial charge in [-0.05, 0) is 6.92 Å². The fraction of sp³-hybridized carbons (Fsp3) is 0.571. The molecule has 0 saturated heterocycles. The van der Waals surface area contributed by atoms with Crippen LogP contribution in [0.4, 0.5) is 0 Å². The molecule has 0 aliphatic heterocycles. The zero-order valence-electron chi connectivity index (χ0n) is 14.7. The first-order valence-corrected chi connectivity index (χ1v) is 7.83. The second kappa shape index (κ2) is 11.5. The molecule has 3 amide bonds. The SMILES string of the molecule is CC(O)C(NC(=O)CN)C(=O)NC(CC(=O)O)C(=O)NC(CC(=O)O)C(=O)O. The number of carboxylic acid groups (broad SMARTS) is 3. The van der Waals surface area contributed by atoms with Crippen LogP contribution in [0.15, 0.2) is 0 Å². The fourth-order valence-corrected chi connectivity index (χ4v) is 1.93. The summed E-state index contributed by atoms with van der Waals surface area (Å²) >= 11 is 0. The number of aliphatic hydroxyl groups excluding tert-OH is 1. The van der Waals surface area contributed by atoms with Gasteiger partial charge in [0.1, 0.15) is 18.1 Å². The van der Waals surface area contributed by atoms with Crippen molar-refractivity contribution in [1.82, 2.24) is 16.0 Å². The number of carbonyl (C=O) groups excluding carboxylic acids is 3. The number of carboxylic acids is 3. The number of aliphatic hydroxyl groups is 1. The molecule has 158 valence electrons. The molecule has 0 aromatic heterocycles. The predicted molar refractivity (Wildman–Crippen MR) is 88.7 cm³/mol. The third kappa shape index (κ3) is 8.91. The quantitative estimate of drug-likeness (QED) is 0.154. The predicted octanol–water partition coefficient (Wildman–Crippen LogP) is -4.19. The van der Waals surface area contributed by atoms with Crippen molar-refractivity contribution in [1.29, 1.82) is 0 Å². The summed E-state index contributed by atoms with van der Waals surface area (Å²) in [7, 11) is 0. The molecule has 28 heavy (non-hydrogen) atoms. The van der Waals surface area contributed by atoms with Crippen molar-refractivity contribution >= 4 is 35.6 Å². The van der Waals surface area contributed by atoms with Crippen LogP contribution in [-0.2, 0) is 28.8 Å². The highest BCUT2D eigenvalue weighted by Crippen LogP contribution is 2.01. The van der Waals surface area contributed by atoms with E-state index in [1.54, 1.807) is 0 Å². The average Bonchev–Trinajstić information content (AvgIpc) is 2.56. The van der Waals surface area contributed by atoms with E-state index in [0.717, 1.165) is 6.92 Å². The van der Waals surface area contributed by atoms with Gasteiger partial charge in [0.05, 0.1) is 25.5 Å². The van der Waals surface area contributed by atoms with E-state index in [1.165, 1.54) is 0 Å². The molecule has 0 aromatic carbocycles. The first-order valence-electron chi connectivity index (χ1n) is 7.83. The fourth-order valence-electron chi connectivity index (χ4n) is 1.93. The van der Waals surface area contributed by atoms with Gasteiger partial charge in [-0.2, -0.15) is 0 Å². The van der Waals surface area contributed by atoms with Crippen LogP contribution in [0.2, 0.25) is 0 Å². The molecule has 0 aliphatic rings. The monoisotopic (exact) mass is 406 g/mol. The Hall–Kier alpha value is -3.26. The van der Waals surface area contributed by atoms with Crippen molar-refractivity contribution in [3.05, 3.63) is 0 Å². The number of amides is 3. The number of carbonyl (C=O) groups is 6. The minimum atomic E-state index is -1.87. The molecule has 14 nitrogen and oxygen atoms in total. The highest BCUT2D eigenvalue weighted by Gasteiger charge is 2.33. The number of hydrogen-bond acceptors (Lipinski definition) is 8. The van der Waals surface area contributed by atoms with E-state index in [-0.39, 0.29) is 0 Å². The smallest absolute Gasteiger partial charge is 0.326 e. The topological polar surface area (TPSA) is 245 Å². The van der Waals surface area contributed by atoms with Crippen LogP contribution in [0.25, 0.3) is 0 Å². The van der Waals surface area contributed by atoms with Crippen molar-refractivity contribution in [2.45, 2.75) is 44.0 Å². The lowest BCUT2D eigenvalue weighted by molar-refractivity contribution is -0.148. The summed E-state index contributed by atoms with van der Waals surface area (Å²) in [4.78, 5) is 68.3. The molecule has 0 heterocycles. The summed E-state index contributed by atoms with van der Waals surface area (Å²) < 4.78 is 0. The van der Waals surface area contributed by atoms with E-state index in [4.69, 9.17) is 21.1 Å². The van der Waals surface area contributed by atoms with E-state index in [0.29, 0.717) is 0 Å². The molecular formula is C14H22N4O10. The summed E-state index contributed by atoms with van der Waals surface area (Å²) in [5.74, 6) is -7.99. The summed E-state index contributed by atoms with van der Waals surface area (Å²) in [6, 6.07) is -5.26. The van der Waals surface area contributed by atoms with Crippen molar-refractivity contribution in [3.8, 4) is 0 Å². The minimum absolute atomic E-state index is 0.509. The Morgan fingerprint density at radius 3 is 1.68 bits per heavy atom. The molecule has 0 radical (unpaired) electrons. The summed E-state index contributed by atoms with van der Waals surface area (Å²) in [5.41, 5.74) is 5.09. The molecule has 4 unspecified atom stereocenters. The van der Waals surface area contributed by atoms with Crippen LogP contribution in [0.3, 0.4) is 0 Å². The van der Waals surface area contributed by atoms with E-state index in [9.17, 15) is 33.9 Å². The second-order valence-corrected chi connectivity index (χ2v) is 5.65. The van der Waals surface area contributed by atoms with Crippen molar-refractivity contribution in [3.63, 3.8) is 0 Å². The Morgan fingerprint density at radius 2 is 1.29 bits per heavy atom. The summed E-state index contributed by atoms with van der Waals surface area (Å²) in [6.45, 7) is 0.631. The molecule has 0 aromatic rings. The minimum Gasteiger partial charge on any atom is -0.481 e. The standard InChI is InChI=1S/C14H22N4O10/c1-5(19)11(18-8(20)4-15)13(26)16-6(2-9(21)22)12(25)17-7(14(27)28)3-10(23)24/h5-7,11,19H,2-4,15H2,1H3,(H,16,26)(H,17,25)(H,18,20)(H,21,22)(H,23,24)(H,27,28). The van der Waals surface area contributed by atoms with Crippen LogP contribution in [0, 0.1) is 0 Å². The molecular weight excluding hydrogens is 384 g/mol. The van der Waals surface area contributed by atoms with Gasteiger partial charge in [0.25, 0.3) is 0 Å². The maximum absolute atomic E-state index is 12.2. The molecule has 0 saturated carbocycles. The average molecular weight is 406 g/mol. The highest BCUT2D eigenvalue weighted by atomic mass is 16.4. The number of aliphatic carboxylic acids is 3. The second-order valence-electron chi connectivity index (χ2n) is 5.65. The number of hydrogen-bond donors (Lipinski definition) is 8. The van der Waals surface area contributed by atoms with Gasteiger partial charge in [-0.15, -0.1) is 0 Å². The van der Waals surface area contributed by atoms with Crippen molar-refractivity contribution in [2.24, 2.45) is 5.73 Å².